The van der Waals surface area contributed by atoms with Gasteiger partial charge < -0.3 is 5.32 Å². The number of pyridine rings is 1. The highest BCUT2D eigenvalue weighted by Crippen LogP contribution is 2.41. The molecule has 0 spiro atoms. The van der Waals surface area contributed by atoms with Crippen molar-refractivity contribution in [1.82, 2.24) is 4.98 Å². The van der Waals surface area contributed by atoms with Gasteiger partial charge >= 0.3 is 0 Å². The van der Waals surface area contributed by atoms with Crippen LogP contribution in [0.4, 0.5) is 5.82 Å². The van der Waals surface area contributed by atoms with Gasteiger partial charge in [-0.25, -0.2) is 4.98 Å². The largest absolute Gasteiger partial charge is 0.364 e. The molecule has 2 nitrogen and oxygen atoms in total. The standard InChI is InChI=1S/C11H15ClN2/c1-11(2,8-5-6-8)14-10-9(12)4-3-7-13-10/h3-4,7-8H,5-6H2,1-2H3,(H,13,14). The minimum atomic E-state index is 0.109. The van der Waals surface area contributed by atoms with Crippen LogP contribution in [-0.2, 0) is 0 Å². The zero-order valence-corrected chi connectivity index (χ0v) is 9.30. The number of hydrogen-bond donors (Lipinski definition) is 1. The molecule has 0 bridgehead atoms. The van der Waals surface area contributed by atoms with Crippen molar-refractivity contribution in [3.63, 3.8) is 0 Å². The molecule has 1 aromatic rings. The molecule has 1 heterocycles. The molecule has 1 fully saturated rings. The first-order valence-electron chi connectivity index (χ1n) is 4.98. The Labute approximate surface area is 89.7 Å². The van der Waals surface area contributed by atoms with Crippen molar-refractivity contribution >= 4 is 17.4 Å². The molecular weight excluding hydrogens is 196 g/mol. The second-order valence-corrected chi connectivity index (χ2v) is 4.86. The van der Waals surface area contributed by atoms with E-state index < -0.39 is 0 Å². The molecule has 0 unspecified atom stereocenters. The summed E-state index contributed by atoms with van der Waals surface area (Å²) in [5.74, 6) is 1.56. The Hall–Kier alpha value is -0.760. The normalized spacial score (nSPS) is 16.8. The van der Waals surface area contributed by atoms with E-state index in [0.717, 1.165) is 11.7 Å². The highest BCUT2D eigenvalue weighted by molar-refractivity contribution is 6.32. The number of nitrogens with zero attached hydrogens (tertiary/aromatic N) is 1. The number of rotatable bonds is 3. The summed E-state index contributed by atoms with van der Waals surface area (Å²) in [4.78, 5) is 4.23. The van der Waals surface area contributed by atoms with Gasteiger partial charge in [0.15, 0.2) is 0 Å². The van der Waals surface area contributed by atoms with Gasteiger partial charge in [0.25, 0.3) is 0 Å². The van der Waals surface area contributed by atoms with Crippen LogP contribution in [0, 0.1) is 5.92 Å². The highest BCUT2D eigenvalue weighted by atomic mass is 35.5. The number of aromatic nitrogens is 1. The zero-order valence-electron chi connectivity index (χ0n) is 8.55. The summed E-state index contributed by atoms with van der Waals surface area (Å²) in [5.41, 5.74) is 0.109. The fourth-order valence-electron chi connectivity index (χ4n) is 1.69. The van der Waals surface area contributed by atoms with Gasteiger partial charge in [0.1, 0.15) is 5.82 Å². The van der Waals surface area contributed by atoms with E-state index in [9.17, 15) is 0 Å². The molecule has 0 radical (unpaired) electrons. The quantitative estimate of drug-likeness (QED) is 0.828. The van der Waals surface area contributed by atoms with E-state index in [2.05, 4.69) is 24.1 Å². The summed E-state index contributed by atoms with van der Waals surface area (Å²) in [6.07, 6.45) is 4.38. The summed E-state index contributed by atoms with van der Waals surface area (Å²) in [6, 6.07) is 3.71. The average molecular weight is 211 g/mol. The van der Waals surface area contributed by atoms with Gasteiger partial charge in [-0.3, -0.25) is 0 Å². The molecule has 0 amide bonds. The average Bonchev–Trinajstić information content (AvgIpc) is 2.91. The first-order chi connectivity index (χ1) is 6.59. The second kappa shape index (κ2) is 3.43. The van der Waals surface area contributed by atoms with Crippen LogP contribution < -0.4 is 5.32 Å². The van der Waals surface area contributed by atoms with E-state index in [1.807, 2.05) is 12.1 Å². The van der Waals surface area contributed by atoms with Gasteiger partial charge in [-0.1, -0.05) is 11.6 Å². The molecule has 0 saturated heterocycles. The van der Waals surface area contributed by atoms with Crippen molar-refractivity contribution in [3.8, 4) is 0 Å². The van der Waals surface area contributed by atoms with E-state index in [4.69, 9.17) is 11.6 Å². The molecule has 2 rings (SSSR count). The third-order valence-corrected chi connectivity index (χ3v) is 3.10. The number of hydrogen-bond acceptors (Lipinski definition) is 2. The molecule has 1 N–H and O–H groups in total. The van der Waals surface area contributed by atoms with Crippen molar-refractivity contribution in [2.24, 2.45) is 5.92 Å². The van der Waals surface area contributed by atoms with E-state index in [-0.39, 0.29) is 5.54 Å². The molecule has 0 aliphatic heterocycles. The topological polar surface area (TPSA) is 24.9 Å². The number of halogens is 1. The SMILES string of the molecule is CC(C)(Nc1ncccc1Cl)C1CC1. The Morgan fingerprint density at radius 3 is 2.79 bits per heavy atom. The number of nitrogens with one attached hydrogen (secondary N) is 1. The predicted octanol–water partition coefficient (Wildman–Crippen LogP) is 3.34. The maximum absolute atomic E-state index is 6.03. The molecule has 1 aromatic heterocycles. The molecule has 76 valence electrons. The first kappa shape index (κ1) is 9.78. The van der Waals surface area contributed by atoms with Gasteiger partial charge in [-0.2, -0.15) is 0 Å². The van der Waals surface area contributed by atoms with Crippen molar-refractivity contribution < 1.29 is 0 Å². The second-order valence-electron chi connectivity index (χ2n) is 4.45. The maximum atomic E-state index is 6.03. The smallest absolute Gasteiger partial charge is 0.145 e. The Kier molecular flexibility index (Phi) is 2.40. The lowest BCUT2D eigenvalue weighted by molar-refractivity contribution is 0.492. The van der Waals surface area contributed by atoms with E-state index in [0.29, 0.717) is 5.02 Å². The molecule has 1 saturated carbocycles. The van der Waals surface area contributed by atoms with Crippen molar-refractivity contribution in [2.75, 3.05) is 5.32 Å². The summed E-state index contributed by atoms with van der Waals surface area (Å²) >= 11 is 6.03. The summed E-state index contributed by atoms with van der Waals surface area (Å²) in [7, 11) is 0. The molecule has 3 heteroatoms. The van der Waals surface area contributed by atoms with Crippen LogP contribution in [0.3, 0.4) is 0 Å². The Morgan fingerprint density at radius 1 is 1.50 bits per heavy atom. The van der Waals surface area contributed by atoms with Crippen LogP contribution >= 0.6 is 11.6 Å². The van der Waals surface area contributed by atoms with Gasteiger partial charge in [-0.15, -0.1) is 0 Å². The van der Waals surface area contributed by atoms with Crippen LogP contribution in [0.2, 0.25) is 5.02 Å². The maximum Gasteiger partial charge on any atom is 0.145 e. The molecular formula is C11H15ClN2. The summed E-state index contributed by atoms with van der Waals surface area (Å²) in [5, 5.41) is 4.10. The van der Waals surface area contributed by atoms with Crippen LogP contribution in [0.1, 0.15) is 26.7 Å². The Morgan fingerprint density at radius 2 is 2.21 bits per heavy atom. The molecule has 0 aromatic carbocycles. The Bertz CT molecular complexity index is 332. The third kappa shape index (κ3) is 2.01. The molecule has 0 atom stereocenters. The minimum absolute atomic E-state index is 0.109. The first-order valence-corrected chi connectivity index (χ1v) is 5.36. The van der Waals surface area contributed by atoms with Crippen LogP contribution in [0.5, 0.6) is 0 Å². The van der Waals surface area contributed by atoms with E-state index in [1.165, 1.54) is 12.8 Å². The summed E-state index contributed by atoms with van der Waals surface area (Å²) < 4.78 is 0. The summed E-state index contributed by atoms with van der Waals surface area (Å²) in [6.45, 7) is 4.41. The van der Waals surface area contributed by atoms with Crippen LogP contribution in [0.15, 0.2) is 18.3 Å². The van der Waals surface area contributed by atoms with E-state index in [1.54, 1.807) is 6.20 Å². The minimum Gasteiger partial charge on any atom is -0.364 e. The van der Waals surface area contributed by atoms with Crippen LogP contribution in [-0.4, -0.2) is 10.5 Å². The highest BCUT2D eigenvalue weighted by Gasteiger charge is 2.38. The fourth-order valence-corrected chi connectivity index (χ4v) is 1.86. The van der Waals surface area contributed by atoms with Crippen molar-refractivity contribution in [3.05, 3.63) is 23.4 Å². The van der Waals surface area contributed by atoms with Gasteiger partial charge in [0, 0.05) is 11.7 Å². The van der Waals surface area contributed by atoms with Gasteiger partial charge in [0.2, 0.25) is 0 Å². The van der Waals surface area contributed by atoms with Gasteiger partial charge in [0.05, 0.1) is 5.02 Å². The van der Waals surface area contributed by atoms with Gasteiger partial charge in [-0.05, 0) is 44.7 Å². The zero-order chi connectivity index (χ0) is 10.2. The lowest BCUT2D eigenvalue weighted by Crippen LogP contribution is -2.33. The van der Waals surface area contributed by atoms with Crippen molar-refractivity contribution in [2.45, 2.75) is 32.2 Å². The Balaban J connectivity index is 2.13. The lowest BCUT2D eigenvalue weighted by Gasteiger charge is -2.27. The fraction of sp³-hybridized carbons (Fsp3) is 0.545. The lowest BCUT2D eigenvalue weighted by atomic mass is 9.99. The molecule has 1 aliphatic carbocycles. The number of anilines is 1. The third-order valence-electron chi connectivity index (χ3n) is 2.80. The van der Waals surface area contributed by atoms with E-state index >= 15 is 0 Å². The van der Waals surface area contributed by atoms with Crippen LogP contribution in [0.25, 0.3) is 0 Å². The van der Waals surface area contributed by atoms with Crippen molar-refractivity contribution in [1.29, 1.82) is 0 Å². The predicted molar refractivity (Wildman–Crippen MR) is 59.7 cm³/mol. The monoisotopic (exact) mass is 210 g/mol. The molecule has 14 heavy (non-hydrogen) atoms. The molecule has 1 aliphatic rings.